The first-order valence-electron chi connectivity index (χ1n) is 5.39. The predicted molar refractivity (Wildman–Crippen MR) is 62.2 cm³/mol. The average molecular weight is 255 g/mol. The number of thioether (sulfide) groups is 1. The minimum absolute atomic E-state index is 0.157. The van der Waals surface area contributed by atoms with E-state index < -0.39 is 5.97 Å². The summed E-state index contributed by atoms with van der Waals surface area (Å²) in [5, 5.41) is 9.29. The van der Waals surface area contributed by atoms with E-state index in [1.807, 2.05) is 4.90 Å². The molecule has 5 nitrogen and oxygen atoms in total. The third-order valence-electron chi connectivity index (χ3n) is 2.60. The van der Waals surface area contributed by atoms with Crippen LogP contribution in [0.3, 0.4) is 0 Å². The van der Waals surface area contributed by atoms with E-state index in [0.29, 0.717) is 18.1 Å². The van der Waals surface area contributed by atoms with Gasteiger partial charge in [-0.25, -0.2) is 4.79 Å². The Morgan fingerprint density at radius 2 is 2.41 bits per heavy atom. The Bertz CT molecular complexity index is 429. The van der Waals surface area contributed by atoms with Crippen molar-refractivity contribution in [1.29, 1.82) is 0 Å². The van der Waals surface area contributed by atoms with Gasteiger partial charge in [0.1, 0.15) is 6.26 Å². The Labute approximate surface area is 103 Å². The standard InChI is InChI=1S/C11H13NO4S/c13-9-2-1-3-12(9)4-5-17-10-6-8(7-16-10)11(14)15/h6-7H,1-5H2,(H,14,15). The van der Waals surface area contributed by atoms with E-state index in [2.05, 4.69) is 0 Å². The minimum atomic E-state index is -0.990. The van der Waals surface area contributed by atoms with Crippen molar-refractivity contribution >= 4 is 23.6 Å². The second kappa shape index (κ2) is 5.27. The first-order chi connectivity index (χ1) is 8.16. The molecule has 2 rings (SSSR count). The fourth-order valence-electron chi connectivity index (χ4n) is 1.70. The van der Waals surface area contributed by atoms with Crippen molar-refractivity contribution in [1.82, 2.24) is 4.90 Å². The monoisotopic (exact) mass is 255 g/mol. The van der Waals surface area contributed by atoms with E-state index in [1.165, 1.54) is 24.1 Å². The third kappa shape index (κ3) is 3.03. The highest BCUT2D eigenvalue weighted by molar-refractivity contribution is 7.99. The summed E-state index contributed by atoms with van der Waals surface area (Å²) in [5.41, 5.74) is 0.157. The number of hydrogen-bond donors (Lipinski definition) is 1. The van der Waals surface area contributed by atoms with Gasteiger partial charge in [0.25, 0.3) is 0 Å². The molecule has 0 bridgehead atoms. The zero-order valence-corrected chi connectivity index (χ0v) is 10.0. The molecule has 1 aromatic rings. The SMILES string of the molecule is O=C(O)c1coc(SCCN2CCCC2=O)c1. The molecule has 0 aliphatic carbocycles. The lowest BCUT2D eigenvalue weighted by molar-refractivity contribution is -0.127. The van der Waals surface area contributed by atoms with Gasteiger partial charge in [-0.05, 0) is 6.42 Å². The Morgan fingerprint density at radius 3 is 3.00 bits per heavy atom. The summed E-state index contributed by atoms with van der Waals surface area (Å²) < 4.78 is 5.10. The van der Waals surface area contributed by atoms with Gasteiger partial charge in [0, 0.05) is 31.3 Å². The van der Waals surface area contributed by atoms with Crippen LogP contribution in [-0.4, -0.2) is 40.7 Å². The van der Waals surface area contributed by atoms with E-state index >= 15 is 0 Å². The van der Waals surface area contributed by atoms with Crippen molar-refractivity contribution in [2.45, 2.75) is 17.9 Å². The molecule has 6 heteroatoms. The van der Waals surface area contributed by atoms with Crippen LogP contribution in [0.2, 0.25) is 0 Å². The number of amides is 1. The van der Waals surface area contributed by atoms with Gasteiger partial charge in [-0.2, -0.15) is 0 Å². The smallest absolute Gasteiger partial charge is 0.339 e. The fourth-order valence-corrected chi connectivity index (χ4v) is 2.54. The molecule has 17 heavy (non-hydrogen) atoms. The average Bonchev–Trinajstić information content (AvgIpc) is 2.89. The number of carbonyl (C=O) groups is 2. The molecule has 2 heterocycles. The molecular weight excluding hydrogens is 242 g/mol. The normalized spacial score (nSPS) is 15.5. The highest BCUT2D eigenvalue weighted by atomic mass is 32.2. The van der Waals surface area contributed by atoms with Gasteiger partial charge >= 0.3 is 5.97 Å². The lowest BCUT2D eigenvalue weighted by atomic mass is 10.4. The van der Waals surface area contributed by atoms with Crippen LogP contribution in [0.15, 0.2) is 21.8 Å². The lowest BCUT2D eigenvalue weighted by Gasteiger charge is -2.13. The number of hydrogen-bond acceptors (Lipinski definition) is 4. The number of likely N-dealkylation sites (tertiary alicyclic amines) is 1. The van der Waals surface area contributed by atoms with E-state index in [0.717, 1.165) is 18.7 Å². The summed E-state index contributed by atoms with van der Waals surface area (Å²) in [6.45, 7) is 1.52. The molecule has 1 N–H and O–H groups in total. The molecule has 0 aromatic carbocycles. The van der Waals surface area contributed by atoms with Crippen LogP contribution in [0.4, 0.5) is 0 Å². The van der Waals surface area contributed by atoms with E-state index in [9.17, 15) is 9.59 Å². The summed E-state index contributed by atoms with van der Waals surface area (Å²) in [6, 6.07) is 1.50. The Balaban J connectivity index is 1.77. The van der Waals surface area contributed by atoms with Crippen LogP contribution >= 0.6 is 11.8 Å². The topological polar surface area (TPSA) is 70.8 Å². The minimum Gasteiger partial charge on any atom is -0.478 e. The number of carbonyl (C=O) groups excluding carboxylic acids is 1. The molecule has 0 saturated carbocycles. The molecular formula is C11H13NO4S. The van der Waals surface area contributed by atoms with Crippen LogP contribution in [0, 0.1) is 0 Å². The van der Waals surface area contributed by atoms with Gasteiger partial charge < -0.3 is 14.4 Å². The van der Waals surface area contributed by atoms with Gasteiger partial charge in [0.05, 0.1) is 5.56 Å². The largest absolute Gasteiger partial charge is 0.478 e. The van der Waals surface area contributed by atoms with Gasteiger partial charge in [-0.1, -0.05) is 11.8 Å². The van der Waals surface area contributed by atoms with Crippen LogP contribution in [-0.2, 0) is 4.79 Å². The maximum atomic E-state index is 11.3. The number of furan rings is 1. The van der Waals surface area contributed by atoms with E-state index in [4.69, 9.17) is 9.52 Å². The summed E-state index contributed by atoms with van der Waals surface area (Å²) in [6.07, 6.45) is 2.81. The zero-order chi connectivity index (χ0) is 12.3. The number of carboxylic acid groups (broad SMARTS) is 1. The van der Waals surface area contributed by atoms with Crippen LogP contribution in [0.1, 0.15) is 23.2 Å². The zero-order valence-electron chi connectivity index (χ0n) is 9.22. The molecule has 1 aliphatic rings. The van der Waals surface area contributed by atoms with E-state index in [-0.39, 0.29) is 11.5 Å². The highest BCUT2D eigenvalue weighted by Gasteiger charge is 2.19. The maximum Gasteiger partial charge on any atom is 0.339 e. The van der Waals surface area contributed by atoms with Crippen molar-refractivity contribution in [3.05, 3.63) is 17.9 Å². The molecule has 1 saturated heterocycles. The highest BCUT2D eigenvalue weighted by Crippen LogP contribution is 2.21. The molecule has 0 atom stereocenters. The van der Waals surface area contributed by atoms with Crippen molar-refractivity contribution in [2.75, 3.05) is 18.8 Å². The second-order valence-corrected chi connectivity index (χ2v) is 4.89. The second-order valence-electron chi connectivity index (χ2n) is 3.79. The molecule has 1 amide bonds. The van der Waals surface area contributed by atoms with Crippen molar-refractivity contribution in [2.24, 2.45) is 0 Å². The van der Waals surface area contributed by atoms with E-state index in [1.54, 1.807) is 0 Å². The third-order valence-corrected chi connectivity index (χ3v) is 3.48. The number of carboxylic acids is 1. The van der Waals surface area contributed by atoms with Gasteiger partial charge in [-0.15, -0.1) is 0 Å². The summed E-state index contributed by atoms with van der Waals surface area (Å²) in [5.74, 6) is -0.0650. The Kier molecular flexibility index (Phi) is 3.73. The molecule has 0 spiro atoms. The summed E-state index contributed by atoms with van der Waals surface area (Å²) in [4.78, 5) is 23.8. The molecule has 1 aliphatic heterocycles. The number of aromatic carboxylic acids is 1. The number of nitrogens with zero attached hydrogens (tertiary/aromatic N) is 1. The summed E-state index contributed by atoms with van der Waals surface area (Å²) >= 11 is 1.42. The summed E-state index contributed by atoms with van der Waals surface area (Å²) in [7, 11) is 0. The van der Waals surface area contributed by atoms with Crippen molar-refractivity contribution < 1.29 is 19.1 Å². The molecule has 92 valence electrons. The van der Waals surface area contributed by atoms with Gasteiger partial charge in [0.2, 0.25) is 5.91 Å². The quantitative estimate of drug-likeness (QED) is 0.811. The molecule has 0 radical (unpaired) electrons. The van der Waals surface area contributed by atoms with Gasteiger partial charge in [0.15, 0.2) is 5.09 Å². The van der Waals surface area contributed by atoms with Crippen molar-refractivity contribution in [3.8, 4) is 0 Å². The van der Waals surface area contributed by atoms with Gasteiger partial charge in [-0.3, -0.25) is 4.79 Å². The maximum absolute atomic E-state index is 11.3. The first kappa shape index (κ1) is 12.0. The van der Waals surface area contributed by atoms with Crippen LogP contribution in [0.25, 0.3) is 0 Å². The Morgan fingerprint density at radius 1 is 1.59 bits per heavy atom. The number of rotatable bonds is 5. The predicted octanol–water partition coefficient (Wildman–Crippen LogP) is 1.69. The van der Waals surface area contributed by atoms with Crippen LogP contribution < -0.4 is 0 Å². The van der Waals surface area contributed by atoms with Crippen LogP contribution in [0.5, 0.6) is 0 Å². The molecule has 1 aromatic heterocycles. The lowest BCUT2D eigenvalue weighted by Crippen LogP contribution is -2.26. The molecule has 0 unspecified atom stereocenters. The fraction of sp³-hybridized carbons (Fsp3) is 0.455. The van der Waals surface area contributed by atoms with Crippen molar-refractivity contribution in [3.63, 3.8) is 0 Å². The Hall–Kier alpha value is -1.43. The molecule has 1 fully saturated rings. The first-order valence-corrected chi connectivity index (χ1v) is 6.38.